The van der Waals surface area contributed by atoms with E-state index in [9.17, 15) is 9.59 Å². The molecule has 0 radical (unpaired) electrons. The average Bonchev–Trinajstić information content (AvgIpc) is 3.18. The summed E-state index contributed by atoms with van der Waals surface area (Å²) >= 11 is 1.61. The summed E-state index contributed by atoms with van der Waals surface area (Å²) in [6, 6.07) is 8.36. The standard InChI is InChI=1S/C21H25NO3S/c1-15(18-8-7-17-4-2-3-5-19(17)12-18)22-20(23)13-25-21(24)9-6-16-10-11-26-14-16/h7-8,10-12,14-15H,2-6,9,13H2,1H3,(H,22,23). The Bertz CT molecular complexity index is 755. The number of esters is 1. The third-order valence-electron chi connectivity index (χ3n) is 4.81. The van der Waals surface area contributed by atoms with Crippen molar-refractivity contribution in [2.24, 2.45) is 0 Å². The quantitative estimate of drug-likeness (QED) is 0.749. The molecule has 0 aliphatic heterocycles. The Labute approximate surface area is 158 Å². The Hall–Kier alpha value is -2.14. The molecule has 4 nitrogen and oxygen atoms in total. The molecule has 0 fully saturated rings. The molecule has 0 spiro atoms. The number of thiophene rings is 1. The van der Waals surface area contributed by atoms with Crippen LogP contribution >= 0.6 is 11.3 Å². The minimum Gasteiger partial charge on any atom is -0.456 e. The van der Waals surface area contributed by atoms with Gasteiger partial charge in [-0.3, -0.25) is 9.59 Å². The number of carbonyl (C=O) groups is 2. The lowest BCUT2D eigenvalue weighted by molar-refractivity contribution is -0.148. The van der Waals surface area contributed by atoms with Gasteiger partial charge in [-0.2, -0.15) is 11.3 Å². The third kappa shape index (κ3) is 5.18. The van der Waals surface area contributed by atoms with Crippen molar-refractivity contribution in [2.45, 2.75) is 51.5 Å². The van der Waals surface area contributed by atoms with Gasteiger partial charge in [0.2, 0.25) is 0 Å². The van der Waals surface area contributed by atoms with Crippen molar-refractivity contribution in [3.63, 3.8) is 0 Å². The average molecular weight is 372 g/mol. The maximum Gasteiger partial charge on any atom is 0.306 e. The van der Waals surface area contributed by atoms with E-state index in [1.807, 2.05) is 23.8 Å². The minimum absolute atomic E-state index is 0.0979. The van der Waals surface area contributed by atoms with Gasteiger partial charge in [-0.1, -0.05) is 18.2 Å². The van der Waals surface area contributed by atoms with Crippen molar-refractivity contribution < 1.29 is 14.3 Å². The summed E-state index contributed by atoms with van der Waals surface area (Å²) in [6.45, 7) is 1.73. The molecule has 26 heavy (non-hydrogen) atoms. The largest absolute Gasteiger partial charge is 0.456 e. The normalized spacial score (nSPS) is 14.3. The number of nitrogens with one attached hydrogen (secondary N) is 1. The van der Waals surface area contributed by atoms with E-state index in [2.05, 4.69) is 23.5 Å². The predicted octanol–water partition coefficient (Wildman–Crippen LogP) is 3.98. The SMILES string of the molecule is CC(NC(=O)COC(=O)CCc1ccsc1)c1ccc2c(c1)CCCC2. The summed E-state index contributed by atoms with van der Waals surface area (Å²) in [6.07, 6.45) is 5.71. The summed E-state index contributed by atoms with van der Waals surface area (Å²) in [7, 11) is 0. The van der Waals surface area contributed by atoms with Crippen LogP contribution in [0.3, 0.4) is 0 Å². The van der Waals surface area contributed by atoms with E-state index in [-0.39, 0.29) is 24.5 Å². The minimum atomic E-state index is -0.340. The fraction of sp³-hybridized carbons (Fsp3) is 0.429. The Morgan fingerprint density at radius 3 is 2.77 bits per heavy atom. The van der Waals surface area contributed by atoms with Gasteiger partial charge in [0.15, 0.2) is 6.61 Å². The molecule has 0 saturated carbocycles. The number of rotatable bonds is 7. The molecular formula is C21H25NO3S. The lowest BCUT2D eigenvalue weighted by atomic mass is 9.89. The van der Waals surface area contributed by atoms with Crippen LogP contribution < -0.4 is 5.32 Å². The molecule has 1 atom stereocenters. The van der Waals surface area contributed by atoms with Crippen molar-refractivity contribution in [3.8, 4) is 0 Å². The van der Waals surface area contributed by atoms with E-state index in [1.54, 1.807) is 11.3 Å². The van der Waals surface area contributed by atoms with Gasteiger partial charge in [0.1, 0.15) is 0 Å². The first-order valence-corrected chi connectivity index (χ1v) is 10.1. The second kappa shape index (κ2) is 8.99. The van der Waals surface area contributed by atoms with Gasteiger partial charge in [0, 0.05) is 6.42 Å². The predicted molar refractivity (Wildman–Crippen MR) is 103 cm³/mol. The second-order valence-electron chi connectivity index (χ2n) is 6.82. The zero-order valence-electron chi connectivity index (χ0n) is 15.1. The molecule has 0 bridgehead atoms. The molecule has 1 aromatic heterocycles. The summed E-state index contributed by atoms with van der Waals surface area (Å²) in [5, 5.41) is 6.91. The highest BCUT2D eigenvalue weighted by Crippen LogP contribution is 2.24. The van der Waals surface area contributed by atoms with E-state index < -0.39 is 0 Å². The summed E-state index contributed by atoms with van der Waals surface area (Å²) < 4.78 is 5.08. The van der Waals surface area contributed by atoms with E-state index in [0.29, 0.717) is 12.8 Å². The molecule has 1 heterocycles. The highest BCUT2D eigenvalue weighted by atomic mass is 32.1. The summed E-state index contributed by atoms with van der Waals surface area (Å²) in [5.41, 5.74) is 5.05. The van der Waals surface area contributed by atoms with E-state index in [0.717, 1.165) is 24.0 Å². The molecule has 2 aromatic rings. The number of carbonyl (C=O) groups excluding carboxylic acids is 2. The van der Waals surface area contributed by atoms with Crippen LogP contribution in [0.1, 0.15) is 54.5 Å². The van der Waals surface area contributed by atoms with Crippen LogP contribution in [0.5, 0.6) is 0 Å². The molecule has 0 saturated heterocycles. The molecule has 1 aromatic carbocycles. The van der Waals surface area contributed by atoms with Crippen LogP contribution in [0.2, 0.25) is 0 Å². The fourth-order valence-corrected chi connectivity index (χ4v) is 3.99. The van der Waals surface area contributed by atoms with Crippen molar-refractivity contribution >= 4 is 23.2 Å². The van der Waals surface area contributed by atoms with E-state index in [1.165, 1.54) is 24.0 Å². The Kier molecular flexibility index (Phi) is 6.45. The zero-order valence-corrected chi connectivity index (χ0v) is 15.9. The maximum atomic E-state index is 12.1. The van der Waals surface area contributed by atoms with Crippen LogP contribution in [0, 0.1) is 0 Å². The monoisotopic (exact) mass is 371 g/mol. The number of benzene rings is 1. The van der Waals surface area contributed by atoms with Crippen LogP contribution in [-0.4, -0.2) is 18.5 Å². The van der Waals surface area contributed by atoms with Gasteiger partial charge >= 0.3 is 5.97 Å². The highest BCUT2D eigenvalue weighted by molar-refractivity contribution is 7.07. The van der Waals surface area contributed by atoms with Crippen molar-refractivity contribution in [1.29, 1.82) is 0 Å². The summed E-state index contributed by atoms with van der Waals surface area (Å²) in [5.74, 6) is -0.605. The Morgan fingerprint density at radius 2 is 2.00 bits per heavy atom. The third-order valence-corrected chi connectivity index (χ3v) is 5.54. The van der Waals surface area contributed by atoms with Gasteiger partial charge in [-0.05, 0) is 78.1 Å². The van der Waals surface area contributed by atoms with E-state index >= 15 is 0 Å². The second-order valence-corrected chi connectivity index (χ2v) is 7.60. The Balaban J connectivity index is 1.43. The molecule has 3 rings (SSSR count). The fourth-order valence-electron chi connectivity index (χ4n) is 3.29. The molecule has 1 aliphatic rings. The number of hydrogen-bond donors (Lipinski definition) is 1. The molecule has 5 heteroatoms. The zero-order chi connectivity index (χ0) is 18.4. The van der Waals surface area contributed by atoms with Crippen LogP contribution in [0.4, 0.5) is 0 Å². The van der Waals surface area contributed by atoms with Gasteiger partial charge in [-0.25, -0.2) is 0 Å². The van der Waals surface area contributed by atoms with Crippen molar-refractivity contribution in [3.05, 3.63) is 57.3 Å². The van der Waals surface area contributed by atoms with Gasteiger partial charge in [0.25, 0.3) is 5.91 Å². The number of amides is 1. The highest BCUT2D eigenvalue weighted by Gasteiger charge is 2.15. The van der Waals surface area contributed by atoms with E-state index in [4.69, 9.17) is 4.74 Å². The number of ether oxygens (including phenoxy) is 1. The van der Waals surface area contributed by atoms with Gasteiger partial charge in [0.05, 0.1) is 6.04 Å². The molecule has 1 unspecified atom stereocenters. The molecule has 1 amide bonds. The molecule has 1 aliphatic carbocycles. The Morgan fingerprint density at radius 1 is 1.19 bits per heavy atom. The van der Waals surface area contributed by atoms with Crippen LogP contribution in [0.15, 0.2) is 35.0 Å². The maximum absolute atomic E-state index is 12.1. The number of hydrogen-bond acceptors (Lipinski definition) is 4. The number of fused-ring (bicyclic) bond motifs is 1. The molecule has 1 N–H and O–H groups in total. The van der Waals surface area contributed by atoms with Gasteiger partial charge in [-0.15, -0.1) is 0 Å². The summed E-state index contributed by atoms with van der Waals surface area (Å²) in [4.78, 5) is 23.8. The first kappa shape index (κ1) is 18.6. The molecular weight excluding hydrogens is 346 g/mol. The van der Waals surface area contributed by atoms with Crippen molar-refractivity contribution in [2.75, 3.05) is 6.61 Å². The van der Waals surface area contributed by atoms with Crippen molar-refractivity contribution in [1.82, 2.24) is 5.32 Å². The van der Waals surface area contributed by atoms with Crippen LogP contribution in [0.25, 0.3) is 0 Å². The number of aryl methyl sites for hydroxylation is 3. The lowest BCUT2D eigenvalue weighted by Gasteiger charge is -2.20. The molecule has 138 valence electrons. The van der Waals surface area contributed by atoms with Crippen LogP contribution in [-0.2, 0) is 33.6 Å². The first-order chi connectivity index (χ1) is 12.6. The smallest absolute Gasteiger partial charge is 0.306 e. The first-order valence-electron chi connectivity index (χ1n) is 9.19. The topological polar surface area (TPSA) is 55.4 Å². The van der Waals surface area contributed by atoms with Gasteiger partial charge < -0.3 is 10.1 Å². The lowest BCUT2D eigenvalue weighted by Crippen LogP contribution is -2.31.